The molecule has 2 fully saturated rings. The molecule has 1 atom stereocenters. The van der Waals surface area contributed by atoms with Crippen molar-refractivity contribution in [3.05, 3.63) is 23.4 Å². The zero-order valence-corrected chi connectivity index (χ0v) is 16.7. The van der Waals surface area contributed by atoms with E-state index >= 15 is 0 Å². The number of aromatic nitrogens is 1. The van der Waals surface area contributed by atoms with Crippen molar-refractivity contribution in [1.82, 2.24) is 9.88 Å². The van der Waals surface area contributed by atoms with Crippen LogP contribution in [0.4, 0.5) is 10.2 Å². The summed E-state index contributed by atoms with van der Waals surface area (Å²) >= 11 is 0. The Kier molecular flexibility index (Phi) is 6.68. The van der Waals surface area contributed by atoms with Crippen LogP contribution in [0.2, 0.25) is 0 Å². The van der Waals surface area contributed by atoms with Crippen LogP contribution in [0.3, 0.4) is 0 Å². The van der Waals surface area contributed by atoms with Gasteiger partial charge in [-0.3, -0.25) is 4.79 Å². The van der Waals surface area contributed by atoms with E-state index in [4.69, 9.17) is 5.73 Å². The van der Waals surface area contributed by atoms with E-state index in [1.807, 2.05) is 13.0 Å². The number of anilines is 1. The fraction of sp³-hybridized carbons (Fsp3) is 0.714. The number of rotatable bonds is 6. The first-order valence-electron chi connectivity index (χ1n) is 10.3. The summed E-state index contributed by atoms with van der Waals surface area (Å²) in [5.41, 5.74) is 6.85. The summed E-state index contributed by atoms with van der Waals surface area (Å²) in [5.74, 6) is 1.21. The number of hydrogen-bond acceptors (Lipinski definition) is 4. The second-order valence-corrected chi connectivity index (χ2v) is 8.43. The highest BCUT2D eigenvalue weighted by Gasteiger charge is 2.27. The van der Waals surface area contributed by atoms with Crippen LogP contribution >= 0.6 is 0 Å². The molecule has 0 radical (unpaired) electrons. The highest BCUT2D eigenvalue weighted by atomic mass is 19.1. The minimum atomic E-state index is -0.687. The number of nitrogens with two attached hydrogens (primary N) is 1. The molecular formula is C21H33FN4O. The lowest BCUT2D eigenvalue weighted by Gasteiger charge is -2.35. The molecule has 5 nitrogen and oxygen atoms in total. The molecule has 2 saturated heterocycles. The summed E-state index contributed by atoms with van der Waals surface area (Å²) < 4.78 is 14.6. The molecule has 2 aliphatic heterocycles. The molecule has 0 aliphatic carbocycles. The maximum absolute atomic E-state index is 14.6. The fourth-order valence-electron chi connectivity index (χ4n) is 4.47. The van der Waals surface area contributed by atoms with Crippen LogP contribution in [0.5, 0.6) is 0 Å². The van der Waals surface area contributed by atoms with Gasteiger partial charge in [0.1, 0.15) is 12.0 Å². The van der Waals surface area contributed by atoms with E-state index in [9.17, 15) is 9.18 Å². The predicted octanol–water partition coefficient (Wildman–Crippen LogP) is 3.17. The molecule has 3 rings (SSSR count). The number of carbonyl (C=O) groups is 1. The van der Waals surface area contributed by atoms with Crippen LogP contribution in [-0.2, 0) is 0 Å². The number of likely N-dealkylation sites (tertiary alicyclic amines) is 1. The molecule has 1 unspecified atom stereocenters. The number of pyridine rings is 1. The Hall–Kier alpha value is -1.69. The number of nitrogens with zero attached hydrogens (tertiary/aromatic N) is 3. The highest BCUT2D eigenvalue weighted by Crippen LogP contribution is 2.31. The van der Waals surface area contributed by atoms with E-state index in [1.54, 1.807) is 6.07 Å². The fourth-order valence-corrected chi connectivity index (χ4v) is 4.47. The van der Waals surface area contributed by atoms with Crippen molar-refractivity contribution in [3.8, 4) is 0 Å². The maximum atomic E-state index is 14.6. The maximum Gasteiger partial charge on any atom is 0.252 e. The van der Waals surface area contributed by atoms with Gasteiger partial charge in [-0.2, -0.15) is 0 Å². The number of alkyl halides is 1. The van der Waals surface area contributed by atoms with Crippen LogP contribution in [0.1, 0.15) is 54.6 Å². The van der Waals surface area contributed by atoms with Crippen molar-refractivity contribution in [1.29, 1.82) is 0 Å². The molecule has 0 bridgehead atoms. The molecule has 27 heavy (non-hydrogen) atoms. The Labute approximate surface area is 162 Å². The SMILES string of the molecule is Cc1ccc(C(N)=O)c(N2CCC(CC(F)CC3CCN(C)CC3)CC2)n1. The van der Waals surface area contributed by atoms with Gasteiger partial charge in [-0.05, 0) is 89.6 Å². The lowest BCUT2D eigenvalue weighted by Crippen LogP contribution is -2.37. The van der Waals surface area contributed by atoms with E-state index in [-0.39, 0.29) is 0 Å². The van der Waals surface area contributed by atoms with Gasteiger partial charge >= 0.3 is 0 Å². The van der Waals surface area contributed by atoms with Gasteiger partial charge in [0.15, 0.2) is 0 Å². The summed E-state index contributed by atoms with van der Waals surface area (Å²) in [5, 5.41) is 0. The Balaban J connectivity index is 1.49. The Morgan fingerprint density at radius 1 is 1.15 bits per heavy atom. The first-order chi connectivity index (χ1) is 12.9. The normalized spacial score (nSPS) is 21.4. The summed E-state index contributed by atoms with van der Waals surface area (Å²) in [6, 6.07) is 3.57. The van der Waals surface area contributed by atoms with Crippen LogP contribution in [-0.4, -0.2) is 55.2 Å². The Morgan fingerprint density at radius 3 is 2.26 bits per heavy atom. The van der Waals surface area contributed by atoms with Gasteiger partial charge in [0.25, 0.3) is 5.91 Å². The van der Waals surface area contributed by atoms with E-state index in [2.05, 4.69) is 21.8 Å². The molecule has 1 aromatic heterocycles. The molecule has 2 aliphatic rings. The van der Waals surface area contributed by atoms with Gasteiger partial charge < -0.3 is 15.5 Å². The van der Waals surface area contributed by atoms with Gasteiger partial charge in [-0.1, -0.05) is 0 Å². The van der Waals surface area contributed by atoms with Crippen molar-refractivity contribution >= 4 is 11.7 Å². The number of halogens is 1. The number of primary amides is 1. The molecule has 0 spiro atoms. The zero-order chi connectivity index (χ0) is 19.4. The number of hydrogen-bond donors (Lipinski definition) is 1. The highest BCUT2D eigenvalue weighted by molar-refractivity contribution is 5.97. The van der Waals surface area contributed by atoms with Crippen molar-refractivity contribution in [2.45, 2.75) is 51.6 Å². The lowest BCUT2D eigenvalue weighted by molar-refractivity contribution is 0.100. The zero-order valence-electron chi connectivity index (χ0n) is 16.7. The van der Waals surface area contributed by atoms with Crippen LogP contribution < -0.4 is 10.6 Å². The van der Waals surface area contributed by atoms with E-state index in [1.165, 1.54) is 0 Å². The van der Waals surface area contributed by atoms with Crippen molar-refractivity contribution in [2.75, 3.05) is 38.1 Å². The Bertz CT molecular complexity index is 637. The average Bonchev–Trinajstić information content (AvgIpc) is 2.64. The summed E-state index contributed by atoms with van der Waals surface area (Å²) in [4.78, 5) is 20.7. The van der Waals surface area contributed by atoms with Crippen LogP contribution in [0.15, 0.2) is 12.1 Å². The molecular weight excluding hydrogens is 343 g/mol. The second-order valence-electron chi connectivity index (χ2n) is 8.43. The van der Waals surface area contributed by atoms with Crippen molar-refractivity contribution in [2.24, 2.45) is 17.6 Å². The molecule has 1 amide bonds. The summed E-state index contributed by atoms with van der Waals surface area (Å²) in [6.45, 7) is 5.73. The standard InChI is InChI=1S/C21H33FN4O/c1-15-3-4-19(20(23)27)21(24-15)26-11-7-17(8-12-26)14-18(22)13-16-5-9-25(2)10-6-16/h3-4,16-18H,5-14H2,1-2H3,(H2,23,27). The molecule has 3 heterocycles. The largest absolute Gasteiger partial charge is 0.365 e. The third kappa shape index (κ3) is 5.41. The third-order valence-electron chi connectivity index (χ3n) is 6.21. The van der Waals surface area contributed by atoms with E-state index in [0.717, 1.165) is 64.0 Å². The minimum absolute atomic E-state index is 0.421. The molecule has 0 saturated carbocycles. The van der Waals surface area contributed by atoms with Crippen molar-refractivity contribution < 1.29 is 9.18 Å². The molecule has 0 aromatic carbocycles. The summed E-state index contributed by atoms with van der Waals surface area (Å²) in [7, 11) is 2.14. The first-order valence-corrected chi connectivity index (χ1v) is 10.3. The van der Waals surface area contributed by atoms with Gasteiger partial charge in [0.2, 0.25) is 0 Å². The topological polar surface area (TPSA) is 62.5 Å². The molecule has 1 aromatic rings. The first kappa shape index (κ1) is 20.1. The molecule has 2 N–H and O–H groups in total. The van der Waals surface area contributed by atoms with Crippen LogP contribution in [0.25, 0.3) is 0 Å². The molecule has 150 valence electrons. The minimum Gasteiger partial charge on any atom is -0.365 e. The molecule has 6 heteroatoms. The van der Waals surface area contributed by atoms with Gasteiger partial charge in [0.05, 0.1) is 5.56 Å². The van der Waals surface area contributed by atoms with Crippen molar-refractivity contribution in [3.63, 3.8) is 0 Å². The van der Waals surface area contributed by atoms with E-state index < -0.39 is 12.1 Å². The number of carbonyl (C=O) groups excluding carboxylic acids is 1. The number of aryl methyl sites for hydroxylation is 1. The smallest absolute Gasteiger partial charge is 0.252 e. The van der Waals surface area contributed by atoms with Crippen LogP contribution in [0, 0.1) is 18.8 Å². The predicted molar refractivity (Wildman–Crippen MR) is 107 cm³/mol. The van der Waals surface area contributed by atoms with Gasteiger partial charge in [-0.15, -0.1) is 0 Å². The van der Waals surface area contributed by atoms with Gasteiger partial charge in [-0.25, -0.2) is 9.37 Å². The monoisotopic (exact) mass is 376 g/mol. The second kappa shape index (κ2) is 9.00. The summed E-state index contributed by atoms with van der Waals surface area (Å²) in [6.07, 6.45) is 4.86. The van der Waals surface area contributed by atoms with Gasteiger partial charge in [0, 0.05) is 18.8 Å². The average molecular weight is 377 g/mol. The Morgan fingerprint density at radius 2 is 1.70 bits per heavy atom. The quantitative estimate of drug-likeness (QED) is 0.828. The third-order valence-corrected chi connectivity index (χ3v) is 6.21. The van der Waals surface area contributed by atoms with E-state index in [0.29, 0.717) is 29.6 Å². The lowest BCUT2D eigenvalue weighted by atomic mass is 9.86. The number of amides is 1. The number of piperidine rings is 2.